The molecule has 4 aromatic rings. The van der Waals surface area contributed by atoms with Crippen LogP contribution in [0.5, 0.6) is 11.5 Å². The number of hydrogen-bond donors (Lipinski definition) is 2. The summed E-state index contributed by atoms with van der Waals surface area (Å²) in [5, 5.41) is 12.8. The smallest absolute Gasteiger partial charge is 0.418 e. The summed E-state index contributed by atoms with van der Waals surface area (Å²) in [5.74, 6) is -3.46. The normalized spacial score (nSPS) is 18.7. The van der Waals surface area contributed by atoms with Crippen molar-refractivity contribution in [2.45, 2.75) is 29.3 Å². The van der Waals surface area contributed by atoms with E-state index in [1.807, 2.05) is 0 Å². The van der Waals surface area contributed by atoms with Gasteiger partial charge in [-0.1, -0.05) is 41.3 Å². The molecule has 0 saturated carbocycles. The van der Waals surface area contributed by atoms with Crippen molar-refractivity contribution in [1.82, 2.24) is 4.98 Å². The number of aromatic amines is 1. The minimum Gasteiger partial charge on any atom is -0.490 e. The van der Waals surface area contributed by atoms with E-state index >= 15 is 0 Å². The van der Waals surface area contributed by atoms with Gasteiger partial charge in [-0.2, -0.15) is 13.2 Å². The number of nitrogens with zero attached hydrogens (tertiary/aromatic N) is 2. The highest BCUT2D eigenvalue weighted by Crippen LogP contribution is 2.54. The first-order chi connectivity index (χ1) is 22.9. The van der Waals surface area contributed by atoms with Crippen LogP contribution in [0.4, 0.5) is 30.2 Å². The van der Waals surface area contributed by atoms with Gasteiger partial charge in [0.15, 0.2) is 18.1 Å². The van der Waals surface area contributed by atoms with Gasteiger partial charge in [0.1, 0.15) is 5.25 Å². The Morgan fingerprint density at radius 2 is 1.75 bits per heavy atom. The van der Waals surface area contributed by atoms with E-state index < -0.39 is 63.8 Å². The lowest BCUT2D eigenvalue weighted by Crippen LogP contribution is -2.32. The summed E-state index contributed by atoms with van der Waals surface area (Å²) in [6, 6.07) is 14.2. The van der Waals surface area contributed by atoms with Gasteiger partial charge in [-0.25, -0.2) is 4.90 Å². The second-order valence-corrected chi connectivity index (χ2v) is 12.7. The van der Waals surface area contributed by atoms with E-state index in [1.165, 1.54) is 42.5 Å². The van der Waals surface area contributed by atoms with Crippen molar-refractivity contribution in [3.05, 3.63) is 103 Å². The molecule has 3 amide bonds. The maximum absolute atomic E-state index is 14.0. The number of nitro benzene ring substituents is 1. The van der Waals surface area contributed by atoms with Crippen LogP contribution in [0, 0.1) is 16.0 Å². The number of amides is 3. The van der Waals surface area contributed by atoms with Gasteiger partial charge in [0.05, 0.1) is 39.4 Å². The summed E-state index contributed by atoms with van der Waals surface area (Å²) in [6.45, 7) is 1.20. The van der Waals surface area contributed by atoms with E-state index in [9.17, 15) is 42.5 Å². The van der Waals surface area contributed by atoms with Crippen LogP contribution < -0.4 is 24.6 Å². The Balaban J connectivity index is 1.29. The van der Waals surface area contributed by atoms with Crippen LogP contribution in [0.2, 0.25) is 0 Å². The molecule has 2 unspecified atom stereocenters. The number of anilines is 2. The fraction of sp³-hybridized carbons (Fsp3) is 0.226. The largest absolute Gasteiger partial charge is 0.490 e. The molecular weight excluding hydrogens is 677 g/mol. The molecule has 1 aromatic heterocycles. The molecule has 0 aliphatic carbocycles. The zero-order valence-corrected chi connectivity index (χ0v) is 26.2. The Morgan fingerprint density at radius 1 is 1.02 bits per heavy atom. The number of benzene rings is 3. The molecule has 248 valence electrons. The van der Waals surface area contributed by atoms with E-state index in [4.69, 9.17) is 9.47 Å². The molecule has 0 bridgehead atoms. The van der Waals surface area contributed by atoms with Crippen molar-refractivity contribution in [1.29, 1.82) is 0 Å². The number of aromatic nitrogens is 1. The highest BCUT2D eigenvalue weighted by molar-refractivity contribution is 8.00. The van der Waals surface area contributed by atoms with Crippen molar-refractivity contribution in [3.8, 4) is 11.5 Å². The summed E-state index contributed by atoms with van der Waals surface area (Å²) in [7, 11) is 0. The van der Waals surface area contributed by atoms with Gasteiger partial charge in [-0.3, -0.25) is 29.3 Å². The summed E-state index contributed by atoms with van der Waals surface area (Å²) in [5.41, 5.74) is -0.996. The number of para-hydroxylation sites is 1. The molecule has 2 aliphatic rings. The third kappa shape index (κ3) is 6.13. The third-order valence-electron chi connectivity index (χ3n) is 7.63. The second kappa shape index (κ2) is 12.8. The highest BCUT2D eigenvalue weighted by Gasteiger charge is 2.56. The molecule has 3 heterocycles. The molecule has 0 radical (unpaired) electrons. The highest BCUT2D eigenvalue weighted by atomic mass is 32.2. The first-order valence-electron chi connectivity index (χ1n) is 14.2. The summed E-state index contributed by atoms with van der Waals surface area (Å²) >= 11 is 1.96. The van der Waals surface area contributed by atoms with Gasteiger partial charge in [0.2, 0.25) is 11.8 Å². The molecule has 17 heteroatoms. The number of non-ortho nitro benzene ring substituents is 1. The number of rotatable bonds is 9. The van der Waals surface area contributed by atoms with Gasteiger partial charge < -0.3 is 19.8 Å². The van der Waals surface area contributed by atoms with Gasteiger partial charge in [-0.05, 0) is 48.9 Å². The van der Waals surface area contributed by atoms with Crippen molar-refractivity contribution in [2.24, 2.45) is 5.92 Å². The molecule has 3 aromatic carbocycles. The first-order valence-corrected chi connectivity index (χ1v) is 15.9. The van der Waals surface area contributed by atoms with Crippen LogP contribution in [0.15, 0.2) is 76.6 Å². The van der Waals surface area contributed by atoms with E-state index in [1.54, 1.807) is 19.1 Å². The van der Waals surface area contributed by atoms with Gasteiger partial charge in [0, 0.05) is 22.9 Å². The van der Waals surface area contributed by atoms with Crippen molar-refractivity contribution < 1.29 is 42.0 Å². The number of imide groups is 1. The fourth-order valence-corrected chi connectivity index (χ4v) is 8.14. The summed E-state index contributed by atoms with van der Waals surface area (Å²) in [4.78, 5) is 67.1. The zero-order valence-electron chi connectivity index (χ0n) is 24.6. The van der Waals surface area contributed by atoms with E-state index in [-0.39, 0.29) is 34.4 Å². The standard InChI is InChI=1S/C31H23F3N4O8S2/c1-2-45-21-13-15(7-12-20(21)46-14-22(39)35-19-6-4-3-5-18(19)31(32,33)34)23-24-26(47-27-25(23)48-30(42)36-27)29(41)37(28(24)40)16-8-10-17(11-9-16)38(43)44/h3-13,23-24,26H,2,14H2,1H3,(H,35,39)(H,36,42)/t23-,24?,26?/m1/s1. The van der Waals surface area contributed by atoms with Crippen LogP contribution in [0.25, 0.3) is 0 Å². The van der Waals surface area contributed by atoms with E-state index in [0.29, 0.717) is 15.5 Å². The number of nitro groups is 1. The van der Waals surface area contributed by atoms with Crippen LogP contribution in [0.3, 0.4) is 0 Å². The number of carbonyl (C=O) groups is 3. The number of alkyl halides is 3. The maximum Gasteiger partial charge on any atom is 0.418 e. The Hall–Kier alpha value is -5.16. The zero-order chi connectivity index (χ0) is 34.3. The van der Waals surface area contributed by atoms with Crippen molar-refractivity contribution >= 4 is 57.9 Å². The Bertz CT molecular complexity index is 2000. The number of H-pyrrole nitrogens is 1. The Labute approximate surface area is 277 Å². The molecule has 2 aliphatic heterocycles. The number of halogens is 3. The number of thioether (sulfide) groups is 1. The number of thiazole rings is 1. The van der Waals surface area contributed by atoms with Gasteiger partial charge in [0.25, 0.3) is 11.6 Å². The molecular formula is C31H23F3N4O8S2. The van der Waals surface area contributed by atoms with Crippen LogP contribution in [0.1, 0.15) is 28.8 Å². The molecule has 6 rings (SSSR count). The maximum atomic E-state index is 14.0. The second-order valence-electron chi connectivity index (χ2n) is 10.6. The molecule has 12 nitrogen and oxygen atoms in total. The number of hydrogen-bond acceptors (Lipinski definition) is 10. The SMILES string of the molecule is CCOc1cc([C@H]2c3sc(=O)[nH]c3SC3C(=O)N(c4ccc([N+](=O)[O-])cc4)C(=O)C32)ccc1OCC(=O)Nc1ccccc1C(F)(F)F. The predicted molar refractivity (Wildman–Crippen MR) is 169 cm³/mol. The molecule has 1 fully saturated rings. The molecule has 0 spiro atoms. The van der Waals surface area contributed by atoms with Gasteiger partial charge in [-0.15, -0.1) is 0 Å². The number of fused-ring (bicyclic) bond motifs is 2. The average Bonchev–Trinajstić information content (AvgIpc) is 3.54. The summed E-state index contributed by atoms with van der Waals surface area (Å²) in [6.07, 6.45) is -4.68. The number of ether oxygens (including phenoxy) is 2. The lowest BCUT2D eigenvalue weighted by molar-refractivity contribution is -0.384. The van der Waals surface area contributed by atoms with E-state index in [0.717, 1.165) is 40.1 Å². The summed E-state index contributed by atoms with van der Waals surface area (Å²) < 4.78 is 51.5. The van der Waals surface area contributed by atoms with Crippen LogP contribution in [-0.4, -0.2) is 46.1 Å². The van der Waals surface area contributed by atoms with Crippen molar-refractivity contribution in [3.63, 3.8) is 0 Å². The topological polar surface area (TPSA) is 161 Å². The number of carbonyl (C=O) groups excluding carboxylic acids is 3. The van der Waals surface area contributed by atoms with Crippen LogP contribution >= 0.6 is 23.1 Å². The quantitative estimate of drug-likeness (QED) is 0.129. The Kier molecular flexibility index (Phi) is 8.74. The molecule has 3 atom stereocenters. The monoisotopic (exact) mass is 700 g/mol. The first kappa shape index (κ1) is 32.8. The molecule has 2 N–H and O–H groups in total. The fourth-order valence-electron chi connectivity index (χ4n) is 5.63. The number of nitrogens with one attached hydrogen (secondary N) is 2. The van der Waals surface area contributed by atoms with E-state index in [2.05, 4.69) is 10.3 Å². The third-order valence-corrected chi connectivity index (χ3v) is 10.0. The van der Waals surface area contributed by atoms with Gasteiger partial charge >= 0.3 is 11.0 Å². The molecule has 48 heavy (non-hydrogen) atoms. The average molecular weight is 701 g/mol. The predicted octanol–water partition coefficient (Wildman–Crippen LogP) is 5.58. The van der Waals surface area contributed by atoms with Crippen LogP contribution in [-0.2, 0) is 20.6 Å². The lowest BCUT2D eigenvalue weighted by atomic mass is 9.83. The lowest BCUT2D eigenvalue weighted by Gasteiger charge is -2.30. The Morgan fingerprint density at radius 3 is 2.44 bits per heavy atom. The minimum absolute atomic E-state index is 0.0883. The molecule has 1 saturated heterocycles. The van der Waals surface area contributed by atoms with Crippen molar-refractivity contribution in [2.75, 3.05) is 23.4 Å². The minimum atomic E-state index is -4.68.